The van der Waals surface area contributed by atoms with E-state index in [0.29, 0.717) is 5.69 Å². The second kappa shape index (κ2) is 6.52. The van der Waals surface area contributed by atoms with Gasteiger partial charge in [0.15, 0.2) is 0 Å². The fraction of sp³-hybridized carbons (Fsp3) is 0.400. The first kappa shape index (κ1) is 16.7. The Morgan fingerprint density at radius 1 is 1.15 bits per heavy atom. The molecule has 2 aliphatic rings. The van der Waals surface area contributed by atoms with Crippen molar-refractivity contribution in [3.63, 3.8) is 0 Å². The number of carbonyl (C=O) groups excluding carboxylic acids is 1. The molecule has 1 aromatic carbocycles. The molecule has 0 radical (unpaired) electrons. The topological polar surface area (TPSA) is 92.2 Å². The van der Waals surface area contributed by atoms with Crippen LogP contribution in [0.2, 0.25) is 0 Å². The fourth-order valence-electron chi connectivity index (χ4n) is 4.60. The molecular formula is C20H21N3O3. The Kier molecular flexibility index (Phi) is 4.18. The minimum absolute atomic E-state index is 0.139. The summed E-state index contributed by atoms with van der Waals surface area (Å²) < 4.78 is 0. The number of amides is 1. The quantitative estimate of drug-likeness (QED) is 0.883. The molecule has 1 heterocycles. The third-order valence-electron chi connectivity index (χ3n) is 5.86. The molecule has 4 rings (SSSR count). The molecule has 2 aliphatic carbocycles. The Balaban J connectivity index is 1.59. The van der Waals surface area contributed by atoms with Gasteiger partial charge in [-0.05, 0) is 49.7 Å². The predicted molar refractivity (Wildman–Crippen MR) is 96.3 cm³/mol. The molecule has 1 amide bonds. The Morgan fingerprint density at radius 3 is 2.62 bits per heavy atom. The van der Waals surface area contributed by atoms with Gasteiger partial charge in [-0.1, -0.05) is 12.1 Å². The van der Waals surface area contributed by atoms with E-state index in [4.69, 9.17) is 0 Å². The molecule has 2 bridgehead atoms. The fourth-order valence-corrected chi connectivity index (χ4v) is 4.60. The minimum Gasteiger partial charge on any atom is -0.481 e. The SMILES string of the molecule is Cc1ccc(-c2cnccn2)cc1NC(=O)[C@H]1[C@H]2CC[C@H](C2)[C@H]1C(=O)O. The van der Waals surface area contributed by atoms with Crippen molar-refractivity contribution in [2.24, 2.45) is 23.7 Å². The zero-order valence-electron chi connectivity index (χ0n) is 14.6. The van der Waals surface area contributed by atoms with Crippen LogP contribution < -0.4 is 5.32 Å². The highest BCUT2D eigenvalue weighted by atomic mass is 16.4. The summed E-state index contributed by atoms with van der Waals surface area (Å²) >= 11 is 0. The summed E-state index contributed by atoms with van der Waals surface area (Å²) in [6.07, 6.45) is 7.64. The maximum Gasteiger partial charge on any atom is 0.307 e. The molecule has 26 heavy (non-hydrogen) atoms. The first-order valence-electron chi connectivity index (χ1n) is 8.95. The largest absolute Gasteiger partial charge is 0.481 e. The second-order valence-corrected chi connectivity index (χ2v) is 7.33. The maximum atomic E-state index is 12.9. The lowest BCUT2D eigenvalue weighted by atomic mass is 9.78. The minimum atomic E-state index is -0.845. The highest BCUT2D eigenvalue weighted by molar-refractivity contribution is 5.97. The highest BCUT2D eigenvalue weighted by Gasteiger charge is 2.54. The Labute approximate surface area is 151 Å². The van der Waals surface area contributed by atoms with Crippen LogP contribution in [0.3, 0.4) is 0 Å². The standard InChI is InChI=1S/C20H21N3O3/c1-11-2-3-12(16-10-21-6-7-22-16)9-15(11)23-19(24)17-13-4-5-14(8-13)18(17)20(25)26/h2-3,6-7,9-10,13-14,17-18H,4-5,8H2,1H3,(H,23,24)(H,25,26)/t13-,14+,17-,18+/m0/s1. The van der Waals surface area contributed by atoms with E-state index in [1.807, 2.05) is 25.1 Å². The van der Waals surface area contributed by atoms with Gasteiger partial charge in [-0.15, -0.1) is 0 Å². The molecule has 2 N–H and O–H groups in total. The number of rotatable bonds is 4. The summed E-state index contributed by atoms with van der Waals surface area (Å²) in [5, 5.41) is 12.6. The third-order valence-corrected chi connectivity index (χ3v) is 5.86. The van der Waals surface area contributed by atoms with Crippen molar-refractivity contribution in [1.29, 1.82) is 0 Å². The van der Waals surface area contributed by atoms with Gasteiger partial charge < -0.3 is 10.4 Å². The molecule has 1 aromatic heterocycles. The monoisotopic (exact) mass is 351 g/mol. The molecule has 6 heteroatoms. The normalized spacial score (nSPS) is 26.7. The molecule has 4 atom stereocenters. The van der Waals surface area contributed by atoms with Crippen molar-refractivity contribution in [2.45, 2.75) is 26.2 Å². The van der Waals surface area contributed by atoms with E-state index in [2.05, 4.69) is 15.3 Å². The molecule has 2 aromatic rings. The Hall–Kier alpha value is -2.76. The maximum absolute atomic E-state index is 12.9. The highest BCUT2D eigenvalue weighted by Crippen LogP contribution is 2.52. The van der Waals surface area contributed by atoms with Gasteiger partial charge in [0.05, 0.1) is 23.7 Å². The molecule has 0 unspecified atom stereocenters. The number of carboxylic acid groups (broad SMARTS) is 1. The van der Waals surface area contributed by atoms with Crippen LogP contribution in [0.25, 0.3) is 11.3 Å². The summed E-state index contributed by atoms with van der Waals surface area (Å²) in [5.41, 5.74) is 3.22. The van der Waals surface area contributed by atoms with E-state index < -0.39 is 17.8 Å². The molecule has 0 spiro atoms. The number of fused-ring (bicyclic) bond motifs is 2. The van der Waals surface area contributed by atoms with Crippen molar-refractivity contribution < 1.29 is 14.7 Å². The van der Waals surface area contributed by atoms with Gasteiger partial charge in [-0.25, -0.2) is 0 Å². The van der Waals surface area contributed by atoms with Gasteiger partial charge >= 0.3 is 5.97 Å². The van der Waals surface area contributed by atoms with Crippen molar-refractivity contribution in [2.75, 3.05) is 5.32 Å². The lowest BCUT2D eigenvalue weighted by Crippen LogP contribution is -2.38. The van der Waals surface area contributed by atoms with Gasteiger partial charge in [0.25, 0.3) is 0 Å². The van der Waals surface area contributed by atoms with Crippen molar-refractivity contribution >= 4 is 17.6 Å². The van der Waals surface area contributed by atoms with Gasteiger partial charge in [-0.3, -0.25) is 19.6 Å². The summed E-state index contributed by atoms with van der Waals surface area (Å²) in [4.78, 5) is 33.0. The van der Waals surface area contributed by atoms with Crippen LogP contribution >= 0.6 is 0 Å². The number of benzene rings is 1. The first-order chi connectivity index (χ1) is 12.5. The molecule has 0 aliphatic heterocycles. The van der Waals surface area contributed by atoms with Crippen LogP contribution in [0.4, 0.5) is 5.69 Å². The number of nitrogens with one attached hydrogen (secondary N) is 1. The number of aliphatic carboxylic acids is 1. The number of carbonyl (C=O) groups is 2. The summed E-state index contributed by atoms with van der Waals surface area (Å²) in [6.45, 7) is 1.92. The molecule has 2 saturated carbocycles. The number of nitrogens with zero attached hydrogens (tertiary/aromatic N) is 2. The summed E-state index contributed by atoms with van der Waals surface area (Å²) in [5.74, 6) is -1.70. The predicted octanol–water partition coefficient (Wildman–Crippen LogP) is 3.14. The number of aryl methyl sites for hydroxylation is 1. The van der Waals surface area contributed by atoms with Gasteiger partial charge in [0.2, 0.25) is 5.91 Å². The smallest absolute Gasteiger partial charge is 0.307 e. The number of anilines is 1. The van der Waals surface area contributed by atoms with E-state index in [1.54, 1.807) is 18.6 Å². The van der Waals surface area contributed by atoms with Crippen LogP contribution in [-0.2, 0) is 9.59 Å². The van der Waals surface area contributed by atoms with Crippen LogP contribution in [0, 0.1) is 30.6 Å². The summed E-state index contributed by atoms with van der Waals surface area (Å²) in [7, 11) is 0. The molecule has 0 saturated heterocycles. The number of hydrogen-bond acceptors (Lipinski definition) is 4. The molecule has 2 fully saturated rings. The van der Waals surface area contributed by atoms with E-state index in [0.717, 1.165) is 36.1 Å². The van der Waals surface area contributed by atoms with Crippen LogP contribution in [0.1, 0.15) is 24.8 Å². The third kappa shape index (κ3) is 2.85. The lowest BCUT2D eigenvalue weighted by Gasteiger charge is -2.27. The Bertz CT molecular complexity index is 853. The molecule has 6 nitrogen and oxygen atoms in total. The summed E-state index contributed by atoms with van der Waals surface area (Å²) in [6, 6.07) is 5.74. The zero-order valence-corrected chi connectivity index (χ0v) is 14.6. The number of carboxylic acids is 1. The van der Waals surface area contributed by atoms with Crippen LogP contribution in [0.15, 0.2) is 36.8 Å². The van der Waals surface area contributed by atoms with Crippen molar-refractivity contribution in [1.82, 2.24) is 9.97 Å². The van der Waals surface area contributed by atoms with E-state index in [-0.39, 0.29) is 17.7 Å². The van der Waals surface area contributed by atoms with E-state index >= 15 is 0 Å². The van der Waals surface area contributed by atoms with Gasteiger partial charge in [0, 0.05) is 23.6 Å². The lowest BCUT2D eigenvalue weighted by molar-refractivity contribution is -0.148. The van der Waals surface area contributed by atoms with Crippen LogP contribution in [0.5, 0.6) is 0 Å². The van der Waals surface area contributed by atoms with Gasteiger partial charge in [-0.2, -0.15) is 0 Å². The van der Waals surface area contributed by atoms with Gasteiger partial charge in [0.1, 0.15) is 0 Å². The molecule has 134 valence electrons. The zero-order chi connectivity index (χ0) is 18.3. The van der Waals surface area contributed by atoms with E-state index in [1.165, 1.54) is 0 Å². The number of hydrogen-bond donors (Lipinski definition) is 2. The second-order valence-electron chi connectivity index (χ2n) is 7.33. The average molecular weight is 351 g/mol. The number of aromatic nitrogens is 2. The van der Waals surface area contributed by atoms with E-state index in [9.17, 15) is 14.7 Å². The van der Waals surface area contributed by atoms with Crippen molar-refractivity contribution in [3.05, 3.63) is 42.4 Å². The van der Waals surface area contributed by atoms with Crippen molar-refractivity contribution in [3.8, 4) is 11.3 Å². The van der Waals surface area contributed by atoms with Crippen LogP contribution in [-0.4, -0.2) is 27.0 Å². The molecular weight excluding hydrogens is 330 g/mol. The first-order valence-corrected chi connectivity index (χ1v) is 8.95. The Morgan fingerprint density at radius 2 is 1.92 bits per heavy atom. The average Bonchev–Trinajstić information content (AvgIpc) is 3.25.